The number of carbonyl (C=O) groups excluding carboxylic acids is 1. The number of aromatic nitrogens is 1. The number of aldehydes is 1. The molecule has 0 bridgehead atoms. The van der Waals surface area contributed by atoms with Crippen molar-refractivity contribution in [3.63, 3.8) is 0 Å². The zero-order chi connectivity index (χ0) is 10.8. The van der Waals surface area contributed by atoms with Crippen molar-refractivity contribution in [1.82, 2.24) is 4.57 Å². The van der Waals surface area contributed by atoms with E-state index in [1.807, 2.05) is 25.1 Å². The van der Waals surface area contributed by atoms with Gasteiger partial charge in [0.25, 0.3) is 5.56 Å². The monoisotopic (exact) mass is 201 g/mol. The third-order valence-corrected chi connectivity index (χ3v) is 2.47. The molecule has 2 rings (SSSR count). The standard InChI is InChI=1S/C12H11NO2/c1-9-3-2-4-10-5-6-11(15)13(7-8-14)12(9)10/h2-6,8H,7H2,1H3. The molecular weight excluding hydrogens is 190 g/mol. The van der Waals surface area contributed by atoms with Gasteiger partial charge in [-0.1, -0.05) is 18.2 Å². The van der Waals surface area contributed by atoms with Crippen LogP contribution in [0.2, 0.25) is 0 Å². The van der Waals surface area contributed by atoms with Crippen molar-refractivity contribution in [3.8, 4) is 0 Å². The van der Waals surface area contributed by atoms with E-state index in [1.54, 1.807) is 6.07 Å². The van der Waals surface area contributed by atoms with Gasteiger partial charge >= 0.3 is 0 Å². The summed E-state index contributed by atoms with van der Waals surface area (Å²) in [7, 11) is 0. The van der Waals surface area contributed by atoms with Crippen molar-refractivity contribution in [2.75, 3.05) is 0 Å². The Hall–Kier alpha value is -1.90. The van der Waals surface area contributed by atoms with Crippen LogP contribution in [0, 0.1) is 6.92 Å². The second-order valence-electron chi connectivity index (χ2n) is 3.46. The smallest absolute Gasteiger partial charge is 0.251 e. The number of hydrogen-bond donors (Lipinski definition) is 0. The first-order valence-corrected chi connectivity index (χ1v) is 4.77. The Labute approximate surface area is 87.0 Å². The summed E-state index contributed by atoms with van der Waals surface area (Å²) in [6.45, 7) is 2.05. The summed E-state index contributed by atoms with van der Waals surface area (Å²) in [5.41, 5.74) is 1.72. The maximum atomic E-state index is 11.6. The van der Waals surface area contributed by atoms with Gasteiger partial charge in [0, 0.05) is 6.07 Å². The number of nitrogens with zero attached hydrogens (tertiary/aromatic N) is 1. The molecule has 3 nitrogen and oxygen atoms in total. The summed E-state index contributed by atoms with van der Waals surface area (Å²) in [5, 5.41) is 0.983. The highest BCUT2D eigenvalue weighted by Gasteiger charge is 2.04. The number of hydrogen-bond acceptors (Lipinski definition) is 2. The molecule has 0 aliphatic carbocycles. The molecule has 1 aromatic heterocycles. The first-order chi connectivity index (χ1) is 7.24. The Kier molecular flexibility index (Phi) is 2.37. The van der Waals surface area contributed by atoms with Crippen molar-refractivity contribution in [2.45, 2.75) is 13.5 Å². The van der Waals surface area contributed by atoms with Gasteiger partial charge in [-0.15, -0.1) is 0 Å². The maximum absolute atomic E-state index is 11.6. The van der Waals surface area contributed by atoms with Gasteiger partial charge in [-0.2, -0.15) is 0 Å². The normalized spacial score (nSPS) is 10.5. The zero-order valence-corrected chi connectivity index (χ0v) is 8.43. The Balaban J connectivity index is 2.90. The fraction of sp³-hybridized carbons (Fsp3) is 0.167. The highest BCUT2D eigenvalue weighted by molar-refractivity contribution is 5.82. The lowest BCUT2D eigenvalue weighted by Gasteiger charge is -2.08. The molecule has 0 saturated heterocycles. The van der Waals surface area contributed by atoms with Crippen LogP contribution >= 0.6 is 0 Å². The van der Waals surface area contributed by atoms with Crippen molar-refractivity contribution in [2.24, 2.45) is 0 Å². The summed E-state index contributed by atoms with van der Waals surface area (Å²) in [6, 6.07) is 9.08. The van der Waals surface area contributed by atoms with Crippen LogP contribution in [0.4, 0.5) is 0 Å². The van der Waals surface area contributed by atoms with Crippen molar-refractivity contribution in [1.29, 1.82) is 0 Å². The second kappa shape index (κ2) is 3.69. The molecule has 2 aromatic rings. The third-order valence-electron chi connectivity index (χ3n) is 2.47. The number of benzene rings is 1. The lowest BCUT2D eigenvalue weighted by Crippen LogP contribution is -2.20. The first-order valence-electron chi connectivity index (χ1n) is 4.77. The van der Waals surface area contributed by atoms with Crippen LogP contribution < -0.4 is 5.56 Å². The van der Waals surface area contributed by atoms with Gasteiger partial charge in [0.15, 0.2) is 0 Å². The van der Waals surface area contributed by atoms with Gasteiger partial charge in [0.2, 0.25) is 0 Å². The van der Waals surface area contributed by atoms with Crippen LogP contribution in [0.25, 0.3) is 10.9 Å². The van der Waals surface area contributed by atoms with Gasteiger partial charge in [-0.3, -0.25) is 4.79 Å². The fourth-order valence-electron chi connectivity index (χ4n) is 1.80. The summed E-state index contributed by atoms with van der Waals surface area (Å²) in [4.78, 5) is 22.1. The van der Waals surface area contributed by atoms with Crippen LogP contribution in [0.3, 0.4) is 0 Å². The number of pyridine rings is 1. The van der Waals surface area contributed by atoms with Crippen LogP contribution in [-0.4, -0.2) is 10.9 Å². The molecule has 1 heterocycles. The van der Waals surface area contributed by atoms with E-state index < -0.39 is 0 Å². The van der Waals surface area contributed by atoms with Crippen LogP contribution in [0.1, 0.15) is 5.56 Å². The van der Waals surface area contributed by atoms with E-state index in [9.17, 15) is 9.59 Å². The number of carbonyl (C=O) groups is 1. The lowest BCUT2D eigenvalue weighted by atomic mass is 10.1. The van der Waals surface area contributed by atoms with Gasteiger partial charge < -0.3 is 9.36 Å². The molecule has 0 radical (unpaired) electrons. The summed E-state index contributed by atoms with van der Waals surface area (Å²) in [6.07, 6.45) is 0.743. The predicted octanol–water partition coefficient (Wildman–Crippen LogP) is 1.51. The molecular formula is C12H11NO2. The van der Waals surface area contributed by atoms with Crippen LogP contribution in [-0.2, 0) is 11.3 Å². The van der Waals surface area contributed by atoms with Crippen LogP contribution in [0.15, 0.2) is 35.1 Å². The molecule has 0 saturated carbocycles. The Morgan fingerprint density at radius 1 is 1.27 bits per heavy atom. The predicted molar refractivity (Wildman–Crippen MR) is 59.0 cm³/mol. The minimum absolute atomic E-state index is 0.112. The molecule has 0 aliphatic rings. The molecule has 0 spiro atoms. The van der Waals surface area contributed by atoms with Crippen molar-refractivity contribution in [3.05, 3.63) is 46.2 Å². The van der Waals surface area contributed by atoms with Crippen molar-refractivity contribution < 1.29 is 4.79 Å². The highest BCUT2D eigenvalue weighted by Crippen LogP contribution is 2.15. The average molecular weight is 201 g/mol. The summed E-state index contributed by atoms with van der Waals surface area (Å²) >= 11 is 0. The van der Waals surface area contributed by atoms with E-state index in [0.29, 0.717) is 0 Å². The third kappa shape index (κ3) is 1.56. The van der Waals surface area contributed by atoms with Gasteiger partial charge in [-0.05, 0) is 23.9 Å². The molecule has 0 unspecified atom stereocenters. The van der Waals surface area contributed by atoms with Crippen molar-refractivity contribution >= 4 is 17.2 Å². The first kappa shape index (κ1) is 9.65. The lowest BCUT2D eigenvalue weighted by molar-refractivity contribution is -0.108. The summed E-state index contributed by atoms with van der Waals surface area (Å²) in [5.74, 6) is 0. The molecule has 1 aromatic carbocycles. The molecule has 0 fully saturated rings. The quantitative estimate of drug-likeness (QED) is 0.691. The number of aryl methyl sites for hydroxylation is 1. The number of fused-ring (bicyclic) bond motifs is 1. The van der Waals surface area contributed by atoms with E-state index in [2.05, 4.69) is 0 Å². The minimum atomic E-state index is -0.135. The second-order valence-corrected chi connectivity index (χ2v) is 3.46. The fourth-order valence-corrected chi connectivity index (χ4v) is 1.80. The average Bonchev–Trinajstić information content (AvgIpc) is 2.23. The molecule has 3 heteroatoms. The van der Waals surface area contributed by atoms with E-state index in [0.717, 1.165) is 22.8 Å². The van der Waals surface area contributed by atoms with Gasteiger partial charge in [0.1, 0.15) is 6.29 Å². The molecule has 0 aliphatic heterocycles. The Morgan fingerprint density at radius 3 is 2.80 bits per heavy atom. The minimum Gasteiger partial charge on any atom is -0.301 e. The zero-order valence-electron chi connectivity index (χ0n) is 8.43. The SMILES string of the molecule is Cc1cccc2ccc(=O)n(CC=O)c12. The Morgan fingerprint density at radius 2 is 2.07 bits per heavy atom. The molecule has 76 valence electrons. The largest absolute Gasteiger partial charge is 0.301 e. The van der Waals surface area contributed by atoms with E-state index in [4.69, 9.17) is 0 Å². The molecule has 0 N–H and O–H groups in total. The van der Waals surface area contributed by atoms with E-state index >= 15 is 0 Å². The van der Waals surface area contributed by atoms with E-state index in [-0.39, 0.29) is 12.1 Å². The summed E-state index contributed by atoms with van der Waals surface area (Å²) < 4.78 is 1.50. The number of para-hydroxylation sites is 1. The molecule has 0 atom stereocenters. The topological polar surface area (TPSA) is 39.1 Å². The van der Waals surface area contributed by atoms with Gasteiger partial charge in [-0.25, -0.2) is 0 Å². The van der Waals surface area contributed by atoms with Gasteiger partial charge in [0.05, 0.1) is 12.1 Å². The maximum Gasteiger partial charge on any atom is 0.251 e. The Bertz CT molecular complexity index is 569. The number of rotatable bonds is 2. The molecule has 0 amide bonds. The van der Waals surface area contributed by atoms with E-state index in [1.165, 1.54) is 10.6 Å². The van der Waals surface area contributed by atoms with Crippen LogP contribution in [0.5, 0.6) is 0 Å². The highest BCUT2D eigenvalue weighted by atomic mass is 16.1. The molecule has 15 heavy (non-hydrogen) atoms.